The highest BCUT2D eigenvalue weighted by Gasteiger charge is 2.50. The SMILES string of the molecule is CC[C@]1(OCN(CCS(C)(=O)=O)C(=O)OCc2ccc(O[C@@H]3O[C@H](C(=O)O)[C@@H](O)[C@H](O)[C@H]3O)c(NC(=O)CN(C)C(=O)CCN3C(=O)C=CC3=O)c2)C(=O)OCc2c1cc1n(c2=O)Cc2c-1nc1cc3c(cc1c2C1CC1)OCO3. The number of sulfone groups is 1. The van der Waals surface area contributed by atoms with Crippen LogP contribution in [0.25, 0.3) is 22.3 Å². The van der Waals surface area contributed by atoms with Crippen LogP contribution in [-0.2, 0) is 82.9 Å². The summed E-state index contributed by atoms with van der Waals surface area (Å²) in [6, 6.07) is 9.10. The summed E-state index contributed by atoms with van der Waals surface area (Å²) < 4.78 is 66.6. The zero-order valence-electron chi connectivity index (χ0n) is 43.1. The molecule has 7 heterocycles. The summed E-state index contributed by atoms with van der Waals surface area (Å²) in [4.78, 5) is 113. The number of pyridine rings is 2. The molecule has 27 nitrogen and oxygen atoms in total. The van der Waals surface area contributed by atoms with Crippen LogP contribution in [0.15, 0.2) is 53.3 Å². The summed E-state index contributed by atoms with van der Waals surface area (Å²) in [6.07, 6.45) is -6.86. The van der Waals surface area contributed by atoms with Gasteiger partial charge in [0, 0.05) is 67.5 Å². The molecule has 0 spiro atoms. The topological polar surface area (TPSA) is 356 Å². The summed E-state index contributed by atoms with van der Waals surface area (Å²) in [5.74, 6) is -4.87. The number of esters is 1. The number of benzene rings is 2. The Morgan fingerprint density at radius 3 is 2.35 bits per heavy atom. The first-order chi connectivity index (χ1) is 38.0. The Hall–Kier alpha value is -8.02. The molecule has 80 heavy (non-hydrogen) atoms. The minimum Gasteiger partial charge on any atom is -0.479 e. The van der Waals surface area contributed by atoms with Crippen molar-refractivity contribution in [3.63, 3.8) is 0 Å². The highest BCUT2D eigenvalue weighted by atomic mass is 32.2. The normalized spacial score (nSPS) is 22.6. The molecular weight excluding hydrogens is 1080 g/mol. The Bertz CT molecular complexity index is 3470. The van der Waals surface area contributed by atoms with E-state index in [1.54, 1.807) is 23.6 Å². The number of hydrogen-bond donors (Lipinski definition) is 5. The van der Waals surface area contributed by atoms with E-state index in [-0.39, 0.29) is 73.4 Å². The molecule has 1 saturated carbocycles. The number of aliphatic hydroxyl groups excluding tert-OH is 3. The van der Waals surface area contributed by atoms with Crippen LogP contribution in [0.1, 0.15) is 66.3 Å². The zero-order valence-corrected chi connectivity index (χ0v) is 44.0. The Morgan fingerprint density at radius 2 is 1.66 bits per heavy atom. The number of aliphatic carboxylic acids is 1. The highest BCUT2D eigenvalue weighted by molar-refractivity contribution is 7.90. The van der Waals surface area contributed by atoms with Crippen LogP contribution in [-0.4, -0.2) is 178 Å². The van der Waals surface area contributed by atoms with Gasteiger partial charge >= 0.3 is 18.0 Å². The van der Waals surface area contributed by atoms with Gasteiger partial charge < -0.3 is 68.4 Å². The lowest BCUT2D eigenvalue weighted by molar-refractivity contribution is -0.271. The van der Waals surface area contributed by atoms with Crippen LogP contribution in [0, 0.1) is 0 Å². The van der Waals surface area contributed by atoms with E-state index in [1.807, 2.05) is 6.07 Å². The number of carboxylic acids is 1. The molecule has 4 aromatic rings. The number of amides is 5. The molecule has 1 saturated heterocycles. The summed E-state index contributed by atoms with van der Waals surface area (Å²) >= 11 is 0. The van der Waals surface area contributed by atoms with Crippen LogP contribution in [0.2, 0.25) is 0 Å². The smallest absolute Gasteiger partial charge is 0.411 e. The molecule has 2 aromatic heterocycles. The van der Waals surface area contributed by atoms with Gasteiger partial charge in [0.1, 0.15) is 53.8 Å². The summed E-state index contributed by atoms with van der Waals surface area (Å²) in [6.45, 7) is -1.27. The van der Waals surface area contributed by atoms with E-state index in [1.165, 1.54) is 25.2 Å². The lowest BCUT2D eigenvalue weighted by Crippen LogP contribution is -2.61. The second kappa shape index (κ2) is 21.6. The maximum absolute atomic E-state index is 14.5. The number of imide groups is 1. The number of nitrogens with zero attached hydrogens (tertiary/aromatic N) is 5. The lowest BCUT2D eigenvalue weighted by Gasteiger charge is -2.38. The molecule has 1 aliphatic carbocycles. The first-order valence-electron chi connectivity index (χ1n) is 25.3. The molecule has 6 aliphatic rings. The van der Waals surface area contributed by atoms with Gasteiger partial charge in [-0.05, 0) is 60.6 Å². The number of likely N-dealkylation sites (N-methyl/N-ethyl adjacent to an activating group) is 1. The number of nitrogens with one attached hydrogen (secondary N) is 1. The number of aromatic nitrogens is 2. The number of rotatable bonds is 19. The van der Waals surface area contributed by atoms with E-state index >= 15 is 0 Å². The predicted molar refractivity (Wildman–Crippen MR) is 271 cm³/mol. The van der Waals surface area contributed by atoms with Gasteiger partial charge in [-0.3, -0.25) is 33.8 Å². The van der Waals surface area contributed by atoms with Crippen molar-refractivity contribution < 1.29 is 95.6 Å². The van der Waals surface area contributed by atoms with Gasteiger partial charge in [0.15, 0.2) is 23.2 Å². The van der Waals surface area contributed by atoms with Gasteiger partial charge in [-0.1, -0.05) is 13.0 Å². The first kappa shape index (κ1) is 55.3. The molecule has 5 amide bonds. The summed E-state index contributed by atoms with van der Waals surface area (Å²) in [5.41, 5.74) is 1.22. The van der Waals surface area contributed by atoms with Gasteiger partial charge in [0.05, 0.1) is 47.0 Å². The van der Waals surface area contributed by atoms with Crippen LogP contribution >= 0.6 is 0 Å². The minimum atomic E-state index is -3.75. The second-order valence-electron chi connectivity index (χ2n) is 20.0. The molecule has 5 N–H and O–H groups in total. The quantitative estimate of drug-likeness (QED) is 0.0423. The molecule has 424 valence electrons. The maximum atomic E-state index is 14.5. The minimum absolute atomic E-state index is 0.0629. The van der Waals surface area contributed by atoms with Crippen molar-refractivity contribution in [1.29, 1.82) is 0 Å². The third-order valence-electron chi connectivity index (χ3n) is 14.6. The molecule has 2 fully saturated rings. The van der Waals surface area contributed by atoms with E-state index in [9.17, 15) is 67.2 Å². The molecular formula is C52H54N6O21S. The number of anilines is 1. The number of aliphatic hydroxyl groups is 3. The first-order valence-corrected chi connectivity index (χ1v) is 27.4. The number of fused-ring (bicyclic) bond motifs is 6. The Morgan fingerprint density at radius 1 is 0.938 bits per heavy atom. The fraction of sp³-hybridized carbons (Fsp3) is 0.442. The molecule has 6 atom stereocenters. The van der Waals surface area contributed by atoms with E-state index in [0.717, 1.165) is 62.5 Å². The molecule has 5 aliphatic heterocycles. The van der Waals surface area contributed by atoms with Crippen LogP contribution < -0.4 is 25.1 Å². The van der Waals surface area contributed by atoms with Crippen molar-refractivity contribution >= 4 is 68.1 Å². The second-order valence-corrected chi connectivity index (χ2v) is 22.3. The lowest BCUT2D eigenvalue weighted by atomic mass is 9.85. The van der Waals surface area contributed by atoms with Crippen LogP contribution in [0.3, 0.4) is 0 Å². The monoisotopic (exact) mass is 1130 g/mol. The Labute approximate surface area is 454 Å². The van der Waals surface area contributed by atoms with Gasteiger partial charge in [0.25, 0.3) is 17.4 Å². The number of carbonyl (C=O) groups excluding carboxylic acids is 6. The van der Waals surface area contributed by atoms with Crippen LogP contribution in [0.5, 0.6) is 17.2 Å². The fourth-order valence-corrected chi connectivity index (χ4v) is 10.7. The average Bonchev–Trinajstić information content (AvgIpc) is 4.09. The van der Waals surface area contributed by atoms with Gasteiger partial charge in [-0.15, -0.1) is 0 Å². The molecule has 28 heteroatoms. The maximum Gasteiger partial charge on any atom is 0.411 e. The molecule has 0 unspecified atom stereocenters. The molecule has 10 rings (SSSR count). The van der Waals surface area contributed by atoms with E-state index in [2.05, 4.69) is 5.32 Å². The highest BCUT2D eigenvalue weighted by Crippen LogP contribution is 2.51. The number of cyclic esters (lactones) is 1. The number of carboxylic acid groups (broad SMARTS) is 1. The predicted octanol–water partition coefficient (Wildman–Crippen LogP) is 0.334. The average molecular weight is 1130 g/mol. The summed E-state index contributed by atoms with van der Waals surface area (Å²) in [5, 5.41) is 44.4. The number of ether oxygens (including phenoxy) is 7. The standard InChI is InChI=1S/C52H54N6O21S/c1-4-52(30-17-33-42-28(19-58(33)47(66)29(30)22-73-50(52)69)41(26-6-7-26)27-16-35-36(76-24-75-35)18-31(27)54-42)77-23-56(13-14-80(3,71)72)51(70)74-21-25-5-8-34(78-49-45(65)43(63)44(64)46(79-49)48(67)68)32(15-25)53-37(59)20-55(2)38(60)11-12-57-39(61)9-10-40(57)62/h5,8-10,15-18,26,43-46,49,63-65H,4,6-7,11-14,19-24H2,1-3H3,(H,53,59)(H,67,68)/t43-,44-,45+,46-,49+,52+/m0/s1. The fourth-order valence-electron chi connectivity index (χ4n) is 10.2. The molecule has 0 bridgehead atoms. The van der Waals surface area contributed by atoms with Crippen molar-refractivity contribution in [2.45, 2.75) is 94.6 Å². The van der Waals surface area contributed by atoms with E-state index < -0.39 is 126 Å². The van der Waals surface area contributed by atoms with Crippen LogP contribution in [0.4, 0.5) is 10.5 Å². The van der Waals surface area contributed by atoms with Crippen molar-refractivity contribution in [3.05, 3.63) is 86.7 Å². The van der Waals surface area contributed by atoms with Crippen molar-refractivity contribution in [3.8, 4) is 28.6 Å². The Kier molecular flexibility index (Phi) is 14.9. The van der Waals surface area contributed by atoms with E-state index in [4.69, 9.17) is 38.1 Å². The van der Waals surface area contributed by atoms with Crippen molar-refractivity contribution in [2.75, 3.05) is 57.5 Å². The van der Waals surface area contributed by atoms with Crippen molar-refractivity contribution in [2.24, 2.45) is 0 Å². The van der Waals surface area contributed by atoms with Crippen molar-refractivity contribution in [1.82, 2.24) is 24.3 Å². The molecule has 0 radical (unpaired) electrons. The Balaban J connectivity index is 0.895. The largest absolute Gasteiger partial charge is 0.479 e. The van der Waals surface area contributed by atoms with Gasteiger partial charge in [-0.2, -0.15) is 0 Å². The number of carbonyl (C=O) groups is 7. The number of hydrogen-bond acceptors (Lipinski definition) is 21. The third kappa shape index (κ3) is 10.6. The summed E-state index contributed by atoms with van der Waals surface area (Å²) in [7, 11) is -2.48. The van der Waals surface area contributed by atoms with Gasteiger partial charge in [-0.25, -0.2) is 27.8 Å². The van der Waals surface area contributed by atoms with Gasteiger partial charge in [0.2, 0.25) is 24.9 Å². The molecule has 2 aromatic carbocycles. The zero-order chi connectivity index (χ0) is 57.1. The van der Waals surface area contributed by atoms with E-state index in [0.29, 0.717) is 28.4 Å². The third-order valence-corrected chi connectivity index (χ3v) is 15.6.